The first-order valence-corrected chi connectivity index (χ1v) is 6.00. The van der Waals surface area contributed by atoms with Crippen LogP contribution in [0.1, 0.15) is 25.5 Å². The normalized spacial score (nSPS) is 27.0. The molecule has 0 aliphatic carbocycles. The zero-order valence-corrected chi connectivity index (χ0v) is 9.77. The van der Waals surface area contributed by atoms with Crippen LogP contribution in [0, 0.1) is 0 Å². The fraction of sp³-hybridized carbons (Fsp3) is 0.778. The Morgan fingerprint density at radius 1 is 1.64 bits per heavy atom. The van der Waals surface area contributed by atoms with Gasteiger partial charge in [0.15, 0.2) is 0 Å². The van der Waals surface area contributed by atoms with Gasteiger partial charge in [-0.1, -0.05) is 21.1 Å². The summed E-state index contributed by atoms with van der Waals surface area (Å²) in [7, 11) is 0. The molecule has 0 bridgehead atoms. The number of aromatic nitrogens is 3. The number of hydrogen-bond donors (Lipinski definition) is 0. The van der Waals surface area contributed by atoms with E-state index in [2.05, 4.69) is 33.2 Å². The molecule has 2 unspecified atom stereocenters. The Labute approximate surface area is 91.8 Å². The Kier molecular flexibility index (Phi) is 3.18. The SMILES string of the molecule is CC1CCC(Cn2cc(CBr)nn2)O1. The minimum absolute atomic E-state index is 0.315. The summed E-state index contributed by atoms with van der Waals surface area (Å²) in [6.45, 7) is 2.94. The molecule has 0 amide bonds. The van der Waals surface area contributed by atoms with E-state index in [4.69, 9.17) is 4.74 Å². The molecule has 0 spiro atoms. The lowest BCUT2D eigenvalue weighted by Gasteiger charge is -2.09. The van der Waals surface area contributed by atoms with Crippen molar-refractivity contribution < 1.29 is 4.74 Å². The number of nitrogens with zero attached hydrogens (tertiary/aromatic N) is 3. The molecule has 1 aromatic rings. The molecular formula is C9H14BrN3O. The second-order valence-corrected chi connectivity index (χ2v) is 4.27. The van der Waals surface area contributed by atoms with Gasteiger partial charge in [-0.25, -0.2) is 4.68 Å². The van der Waals surface area contributed by atoms with Gasteiger partial charge >= 0.3 is 0 Å². The van der Waals surface area contributed by atoms with Crippen LogP contribution in [0.2, 0.25) is 0 Å². The van der Waals surface area contributed by atoms with Crippen LogP contribution in [-0.2, 0) is 16.6 Å². The fourth-order valence-corrected chi connectivity index (χ4v) is 1.97. The predicted molar refractivity (Wildman–Crippen MR) is 56.2 cm³/mol. The van der Waals surface area contributed by atoms with Gasteiger partial charge in [-0.15, -0.1) is 5.10 Å². The van der Waals surface area contributed by atoms with Crippen LogP contribution in [0.4, 0.5) is 0 Å². The summed E-state index contributed by atoms with van der Waals surface area (Å²) < 4.78 is 7.57. The Morgan fingerprint density at radius 2 is 2.50 bits per heavy atom. The number of halogens is 1. The van der Waals surface area contributed by atoms with Gasteiger partial charge in [-0.2, -0.15) is 0 Å². The monoisotopic (exact) mass is 259 g/mol. The van der Waals surface area contributed by atoms with Crippen molar-refractivity contribution >= 4 is 15.9 Å². The first-order valence-electron chi connectivity index (χ1n) is 4.88. The minimum Gasteiger partial charge on any atom is -0.373 e. The molecule has 1 aliphatic heterocycles. The van der Waals surface area contributed by atoms with Crippen molar-refractivity contribution in [2.75, 3.05) is 0 Å². The molecule has 78 valence electrons. The van der Waals surface area contributed by atoms with Gasteiger partial charge in [-0.3, -0.25) is 0 Å². The Hall–Kier alpha value is -0.420. The Bertz CT molecular complexity index is 302. The molecule has 0 radical (unpaired) electrons. The zero-order chi connectivity index (χ0) is 9.97. The van der Waals surface area contributed by atoms with E-state index < -0.39 is 0 Å². The van der Waals surface area contributed by atoms with Gasteiger partial charge in [0.1, 0.15) is 0 Å². The summed E-state index contributed by atoms with van der Waals surface area (Å²) >= 11 is 3.35. The lowest BCUT2D eigenvalue weighted by atomic mass is 10.2. The highest BCUT2D eigenvalue weighted by Gasteiger charge is 2.22. The van der Waals surface area contributed by atoms with E-state index in [0.717, 1.165) is 30.4 Å². The molecule has 2 atom stereocenters. The number of rotatable bonds is 3. The van der Waals surface area contributed by atoms with E-state index in [1.54, 1.807) is 0 Å². The zero-order valence-electron chi connectivity index (χ0n) is 8.19. The summed E-state index contributed by atoms with van der Waals surface area (Å²) in [6.07, 6.45) is 4.96. The molecular weight excluding hydrogens is 246 g/mol. The maximum absolute atomic E-state index is 5.71. The molecule has 2 heterocycles. The van der Waals surface area contributed by atoms with E-state index in [0.29, 0.717) is 12.2 Å². The second kappa shape index (κ2) is 4.40. The summed E-state index contributed by atoms with van der Waals surface area (Å²) in [4.78, 5) is 0. The standard InChI is InChI=1S/C9H14BrN3O/c1-7-2-3-9(14-7)6-13-5-8(4-10)11-12-13/h5,7,9H,2-4,6H2,1H3. The summed E-state index contributed by atoms with van der Waals surface area (Å²) in [5.74, 6) is 0. The van der Waals surface area contributed by atoms with Crippen molar-refractivity contribution in [3.8, 4) is 0 Å². The smallest absolute Gasteiger partial charge is 0.0932 e. The van der Waals surface area contributed by atoms with Crippen molar-refractivity contribution in [1.82, 2.24) is 15.0 Å². The topological polar surface area (TPSA) is 39.9 Å². The van der Waals surface area contributed by atoms with Gasteiger partial charge in [-0.05, 0) is 19.8 Å². The third-order valence-electron chi connectivity index (χ3n) is 2.43. The predicted octanol–water partition coefficient (Wildman–Crippen LogP) is 1.74. The van der Waals surface area contributed by atoms with E-state index in [1.807, 2.05) is 10.9 Å². The molecule has 4 nitrogen and oxygen atoms in total. The molecule has 0 N–H and O–H groups in total. The van der Waals surface area contributed by atoms with Crippen molar-refractivity contribution in [1.29, 1.82) is 0 Å². The first-order chi connectivity index (χ1) is 6.78. The average molecular weight is 260 g/mol. The Balaban J connectivity index is 1.90. The number of ether oxygens (including phenoxy) is 1. The van der Waals surface area contributed by atoms with Crippen LogP contribution >= 0.6 is 15.9 Å². The van der Waals surface area contributed by atoms with Gasteiger partial charge in [0.25, 0.3) is 0 Å². The molecule has 1 saturated heterocycles. The Morgan fingerprint density at radius 3 is 3.07 bits per heavy atom. The average Bonchev–Trinajstić information content (AvgIpc) is 2.76. The maximum atomic E-state index is 5.71. The van der Waals surface area contributed by atoms with E-state index in [1.165, 1.54) is 0 Å². The van der Waals surface area contributed by atoms with Crippen LogP contribution in [0.15, 0.2) is 6.20 Å². The molecule has 0 aromatic carbocycles. The first kappa shape index (κ1) is 10.1. The van der Waals surface area contributed by atoms with Crippen molar-refractivity contribution in [2.45, 2.75) is 43.8 Å². The molecule has 1 aliphatic rings. The largest absolute Gasteiger partial charge is 0.373 e. The number of alkyl halides is 1. The van der Waals surface area contributed by atoms with Crippen molar-refractivity contribution in [3.05, 3.63) is 11.9 Å². The van der Waals surface area contributed by atoms with Gasteiger partial charge in [0.05, 0.1) is 24.4 Å². The number of hydrogen-bond acceptors (Lipinski definition) is 3. The quantitative estimate of drug-likeness (QED) is 0.777. The molecule has 14 heavy (non-hydrogen) atoms. The fourth-order valence-electron chi connectivity index (χ4n) is 1.72. The van der Waals surface area contributed by atoms with Gasteiger partial charge in [0, 0.05) is 11.5 Å². The molecule has 2 rings (SSSR count). The van der Waals surface area contributed by atoms with E-state index >= 15 is 0 Å². The molecule has 0 saturated carbocycles. The van der Waals surface area contributed by atoms with Gasteiger partial charge < -0.3 is 4.74 Å². The summed E-state index contributed by atoms with van der Waals surface area (Å²) in [5, 5.41) is 8.80. The van der Waals surface area contributed by atoms with Crippen LogP contribution in [0.25, 0.3) is 0 Å². The second-order valence-electron chi connectivity index (χ2n) is 3.71. The highest BCUT2D eigenvalue weighted by atomic mass is 79.9. The highest BCUT2D eigenvalue weighted by molar-refractivity contribution is 9.08. The molecule has 5 heteroatoms. The maximum Gasteiger partial charge on any atom is 0.0932 e. The third-order valence-corrected chi connectivity index (χ3v) is 3.01. The van der Waals surface area contributed by atoms with Crippen molar-refractivity contribution in [3.63, 3.8) is 0 Å². The lowest BCUT2D eigenvalue weighted by Crippen LogP contribution is -2.16. The van der Waals surface area contributed by atoms with Crippen LogP contribution in [0.3, 0.4) is 0 Å². The summed E-state index contributed by atoms with van der Waals surface area (Å²) in [5.41, 5.74) is 0.969. The molecule has 1 fully saturated rings. The van der Waals surface area contributed by atoms with Crippen molar-refractivity contribution in [2.24, 2.45) is 0 Å². The van der Waals surface area contributed by atoms with E-state index in [-0.39, 0.29) is 0 Å². The van der Waals surface area contributed by atoms with Crippen LogP contribution in [-0.4, -0.2) is 27.2 Å². The molecule has 1 aromatic heterocycles. The van der Waals surface area contributed by atoms with Crippen LogP contribution < -0.4 is 0 Å². The van der Waals surface area contributed by atoms with Crippen LogP contribution in [0.5, 0.6) is 0 Å². The third kappa shape index (κ3) is 2.33. The van der Waals surface area contributed by atoms with Gasteiger partial charge in [0.2, 0.25) is 0 Å². The highest BCUT2D eigenvalue weighted by Crippen LogP contribution is 2.20. The summed E-state index contributed by atoms with van der Waals surface area (Å²) in [6, 6.07) is 0. The van der Waals surface area contributed by atoms with E-state index in [9.17, 15) is 0 Å². The minimum atomic E-state index is 0.315. The lowest BCUT2D eigenvalue weighted by molar-refractivity contribution is 0.0434.